The van der Waals surface area contributed by atoms with E-state index in [2.05, 4.69) is 34.1 Å². The highest BCUT2D eigenvalue weighted by Crippen LogP contribution is 2.53. The van der Waals surface area contributed by atoms with Gasteiger partial charge in [0.15, 0.2) is 5.82 Å². The summed E-state index contributed by atoms with van der Waals surface area (Å²) in [7, 11) is 0. The van der Waals surface area contributed by atoms with Gasteiger partial charge in [-0.1, -0.05) is 35.9 Å². The predicted molar refractivity (Wildman–Crippen MR) is 92.7 cm³/mol. The fourth-order valence-electron chi connectivity index (χ4n) is 3.10. The molecule has 1 aliphatic carbocycles. The predicted octanol–water partition coefficient (Wildman–Crippen LogP) is 3.00. The molecule has 2 aromatic heterocycles. The number of carboxylic acids is 1. The number of hydrogen-bond acceptors (Lipinski definition) is 4. The Kier molecular flexibility index (Phi) is 3.65. The molecule has 3 aromatic rings. The summed E-state index contributed by atoms with van der Waals surface area (Å²) in [4.78, 5) is 19.9. The number of carbonyl (C=O) groups is 1. The van der Waals surface area contributed by atoms with Crippen molar-refractivity contribution in [3.63, 3.8) is 0 Å². The van der Waals surface area contributed by atoms with Gasteiger partial charge in [0.1, 0.15) is 12.4 Å². The molecule has 1 aromatic carbocycles. The van der Waals surface area contributed by atoms with E-state index < -0.39 is 5.97 Å². The van der Waals surface area contributed by atoms with Gasteiger partial charge in [-0.2, -0.15) is 5.10 Å². The molecule has 0 saturated carbocycles. The minimum absolute atomic E-state index is 0.0184. The summed E-state index contributed by atoms with van der Waals surface area (Å²) >= 11 is 0. The quantitative estimate of drug-likeness (QED) is 0.777. The first-order chi connectivity index (χ1) is 12.1. The van der Waals surface area contributed by atoms with Crippen molar-refractivity contribution in [1.82, 2.24) is 19.7 Å². The number of aliphatic carboxylic acids is 1. The Morgan fingerprint density at radius 2 is 1.84 bits per heavy atom. The Balaban J connectivity index is 1.72. The lowest BCUT2D eigenvalue weighted by Crippen LogP contribution is -2.13. The van der Waals surface area contributed by atoms with E-state index in [0.717, 1.165) is 11.1 Å². The molecule has 0 amide bonds. The zero-order valence-corrected chi connectivity index (χ0v) is 13.6. The van der Waals surface area contributed by atoms with Crippen LogP contribution in [0.5, 0.6) is 0 Å². The normalized spacial score (nSPS) is 16.1. The van der Waals surface area contributed by atoms with Crippen molar-refractivity contribution in [3.05, 3.63) is 71.8 Å². The highest BCUT2D eigenvalue weighted by Gasteiger charge is 2.39. The molecule has 25 heavy (non-hydrogen) atoms. The summed E-state index contributed by atoms with van der Waals surface area (Å²) in [6, 6.07) is 13.7. The first-order valence-electron chi connectivity index (χ1n) is 7.98. The van der Waals surface area contributed by atoms with Gasteiger partial charge in [0, 0.05) is 18.0 Å². The molecule has 0 saturated heterocycles. The summed E-state index contributed by atoms with van der Waals surface area (Å²) in [5.41, 5.74) is 4.35. The largest absolute Gasteiger partial charge is 0.480 e. The first kappa shape index (κ1) is 15.3. The molecule has 0 radical (unpaired) electrons. The van der Waals surface area contributed by atoms with Gasteiger partial charge in [0.05, 0.1) is 5.92 Å². The van der Waals surface area contributed by atoms with Crippen LogP contribution in [0.2, 0.25) is 0 Å². The molecule has 1 N–H and O–H groups in total. The third-order valence-corrected chi connectivity index (χ3v) is 4.33. The Morgan fingerprint density at radius 1 is 1.12 bits per heavy atom. The molecule has 0 unspecified atom stereocenters. The summed E-state index contributed by atoms with van der Waals surface area (Å²) in [5.74, 6) is 0.271. The van der Waals surface area contributed by atoms with Crippen LogP contribution in [0.25, 0.3) is 17.0 Å². The molecule has 1 atom stereocenters. The summed E-state index contributed by atoms with van der Waals surface area (Å²) < 4.78 is 1.49. The summed E-state index contributed by atoms with van der Waals surface area (Å²) in [6.07, 6.45) is 3.34. The highest BCUT2D eigenvalue weighted by atomic mass is 16.4. The van der Waals surface area contributed by atoms with Crippen molar-refractivity contribution in [2.24, 2.45) is 0 Å². The number of rotatable bonds is 5. The monoisotopic (exact) mass is 332 g/mol. The van der Waals surface area contributed by atoms with Gasteiger partial charge in [-0.15, -0.1) is 0 Å². The maximum Gasteiger partial charge on any atom is 0.325 e. The third-order valence-electron chi connectivity index (χ3n) is 4.33. The van der Waals surface area contributed by atoms with E-state index in [0.29, 0.717) is 11.6 Å². The van der Waals surface area contributed by atoms with E-state index in [4.69, 9.17) is 0 Å². The van der Waals surface area contributed by atoms with Crippen LogP contribution in [-0.4, -0.2) is 30.8 Å². The molecule has 6 heteroatoms. The molecule has 124 valence electrons. The molecule has 4 rings (SSSR count). The number of carboxylic acid groups (broad SMARTS) is 1. The molecule has 0 spiro atoms. The second-order valence-corrected chi connectivity index (χ2v) is 5.98. The fraction of sp³-hybridized carbons (Fsp3) is 0.158. The van der Waals surface area contributed by atoms with Crippen LogP contribution in [-0.2, 0) is 11.3 Å². The SMILES string of the molecule is CC1=C(c2ccccc2)[C@@H]1c1nc(-c2ccncc2)nn1CC(=O)O. The molecule has 0 fully saturated rings. The molecule has 1 aliphatic rings. The first-order valence-corrected chi connectivity index (χ1v) is 7.98. The fourth-order valence-corrected chi connectivity index (χ4v) is 3.10. The number of nitrogens with zero attached hydrogens (tertiary/aromatic N) is 4. The van der Waals surface area contributed by atoms with Gasteiger partial charge in [-0.05, 0) is 30.2 Å². The average Bonchev–Trinajstić information content (AvgIpc) is 3.11. The van der Waals surface area contributed by atoms with Gasteiger partial charge >= 0.3 is 5.97 Å². The van der Waals surface area contributed by atoms with Gasteiger partial charge in [0.2, 0.25) is 0 Å². The van der Waals surface area contributed by atoms with Gasteiger partial charge in [-0.3, -0.25) is 9.78 Å². The second-order valence-electron chi connectivity index (χ2n) is 5.98. The lowest BCUT2D eigenvalue weighted by Gasteiger charge is -2.03. The van der Waals surface area contributed by atoms with Crippen molar-refractivity contribution in [2.45, 2.75) is 19.4 Å². The Bertz CT molecular complexity index is 962. The standard InChI is InChI=1S/C19H16N4O2/c1-12-16(13-5-3-2-4-6-13)17(12)19-21-18(14-7-9-20-10-8-14)22-23(19)11-15(24)25/h2-10,17H,11H2,1H3,(H,24,25)/t17-/m1/s1. The van der Waals surface area contributed by atoms with Gasteiger partial charge < -0.3 is 5.11 Å². The van der Waals surface area contributed by atoms with Crippen LogP contribution in [0, 0.1) is 0 Å². The van der Waals surface area contributed by atoms with Gasteiger partial charge in [-0.25, -0.2) is 9.67 Å². The number of allylic oxidation sites excluding steroid dienone is 2. The van der Waals surface area contributed by atoms with Gasteiger partial charge in [0.25, 0.3) is 0 Å². The van der Waals surface area contributed by atoms with Crippen molar-refractivity contribution in [1.29, 1.82) is 0 Å². The number of aromatic nitrogens is 4. The number of pyridine rings is 1. The minimum atomic E-state index is -0.938. The molecule has 6 nitrogen and oxygen atoms in total. The van der Waals surface area contributed by atoms with E-state index in [-0.39, 0.29) is 12.5 Å². The van der Waals surface area contributed by atoms with Crippen molar-refractivity contribution < 1.29 is 9.90 Å². The second kappa shape index (κ2) is 5.98. The summed E-state index contributed by atoms with van der Waals surface area (Å²) in [6.45, 7) is 1.85. The molecular weight excluding hydrogens is 316 g/mol. The molecule has 0 aliphatic heterocycles. The molecular formula is C19H16N4O2. The zero-order valence-electron chi connectivity index (χ0n) is 13.6. The van der Waals surface area contributed by atoms with Crippen molar-refractivity contribution in [2.75, 3.05) is 0 Å². The Labute approximate surface area is 144 Å². The Hall–Kier alpha value is -3.28. The third kappa shape index (κ3) is 2.82. The maximum atomic E-state index is 11.2. The van der Waals surface area contributed by atoms with Crippen molar-refractivity contribution in [3.8, 4) is 11.4 Å². The van der Waals surface area contributed by atoms with Crippen LogP contribution in [0.3, 0.4) is 0 Å². The number of hydrogen-bond donors (Lipinski definition) is 1. The van der Waals surface area contributed by atoms with Crippen LogP contribution in [0.1, 0.15) is 24.2 Å². The van der Waals surface area contributed by atoms with Crippen LogP contribution < -0.4 is 0 Å². The lowest BCUT2D eigenvalue weighted by molar-refractivity contribution is -0.137. The highest BCUT2D eigenvalue weighted by molar-refractivity contribution is 5.89. The lowest BCUT2D eigenvalue weighted by atomic mass is 10.1. The van der Waals surface area contributed by atoms with Crippen LogP contribution in [0.15, 0.2) is 60.4 Å². The van der Waals surface area contributed by atoms with Crippen LogP contribution >= 0.6 is 0 Å². The average molecular weight is 332 g/mol. The molecule has 0 bridgehead atoms. The van der Waals surface area contributed by atoms with E-state index >= 15 is 0 Å². The van der Waals surface area contributed by atoms with E-state index in [1.54, 1.807) is 12.4 Å². The minimum Gasteiger partial charge on any atom is -0.480 e. The maximum absolute atomic E-state index is 11.2. The summed E-state index contributed by atoms with van der Waals surface area (Å²) in [5, 5.41) is 13.6. The smallest absolute Gasteiger partial charge is 0.325 e. The van der Waals surface area contributed by atoms with E-state index in [9.17, 15) is 9.90 Å². The molecule has 2 heterocycles. The zero-order chi connectivity index (χ0) is 17.4. The van der Waals surface area contributed by atoms with E-state index in [1.807, 2.05) is 30.3 Å². The van der Waals surface area contributed by atoms with Crippen LogP contribution in [0.4, 0.5) is 0 Å². The van der Waals surface area contributed by atoms with Crippen molar-refractivity contribution >= 4 is 11.5 Å². The topological polar surface area (TPSA) is 80.9 Å². The van der Waals surface area contributed by atoms with E-state index in [1.165, 1.54) is 15.8 Å². The number of benzene rings is 1. The Morgan fingerprint density at radius 3 is 2.52 bits per heavy atom.